The van der Waals surface area contributed by atoms with Gasteiger partial charge in [-0.05, 0) is 38.5 Å². The zero-order valence-corrected chi connectivity index (χ0v) is 9.81. The van der Waals surface area contributed by atoms with Crippen molar-refractivity contribution < 1.29 is 19.1 Å². The molecule has 1 fully saturated rings. The second-order valence-corrected chi connectivity index (χ2v) is 4.24. The summed E-state index contributed by atoms with van der Waals surface area (Å²) >= 11 is 0. The smallest absolute Gasteiger partial charge is 0.332 e. The van der Waals surface area contributed by atoms with Crippen LogP contribution in [0.4, 0.5) is 0 Å². The molecule has 1 saturated carbocycles. The van der Waals surface area contributed by atoms with E-state index in [1.807, 2.05) is 6.92 Å². The second-order valence-electron chi connectivity index (χ2n) is 4.24. The summed E-state index contributed by atoms with van der Waals surface area (Å²) in [4.78, 5) is 21.7. The van der Waals surface area contributed by atoms with Gasteiger partial charge in [0.05, 0.1) is 6.61 Å². The van der Waals surface area contributed by atoms with Gasteiger partial charge in [-0.25, -0.2) is 4.79 Å². The minimum Gasteiger partial charge on any atom is -0.464 e. The first kappa shape index (κ1) is 13.2. The molecule has 1 aliphatic carbocycles. The van der Waals surface area contributed by atoms with E-state index in [-0.39, 0.29) is 18.5 Å². The van der Waals surface area contributed by atoms with Crippen molar-refractivity contribution in [1.82, 2.24) is 0 Å². The molecule has 0 unspecified atom stereocenters. The van der Waals surface area contributed by atoms with E-state index >= 15 is 0 Å². The van der Waals surface area contributed by atoms with Gasteiger partial charge < -0.3 is 14.3 Å². The zero-order chi connectivity index (χ0) is 11.8. The Kier molecular flexibility index (Phi) is 6.08. The summed E-state index contributed by atoms with van der Waals surface area (Å²) in [5.74, 6) is 0.344. The van der Waals surface area contributed by atoms with Crippen LogP contribution in [0.2, 0.25) is 0 Å². The Balaban J connectivity index is 2.10. The van der Waals surface area contributed by atoms with E-state index in [4.69, 9.17) is 9.47 Å². The minimum atomic E-state index is -0.292. The molecule has 0 amide bonds. The third-order valence-corrected chi connectivity index (χ3v) is 2.99. The summed E-state index contributed by atoms with van der Waals surface area (Å²) in [5, 5.41) is 0. The van der Waals surface area contributed by atoms with Gasteiger partial charge in [0.25, 0.3) is 0 Å². The van der Waals surface area contributed by atoms with Gasteiger partial charge in [-0.1, -0.05) is 0 Å². The number of carbonyl (C=O) groups excluding carboxylic acids is 2. The fourth-order valence-corrected chi connectivity index (χ4v) is 1.93. The van der Waals surface area contributed by atoms with Crippen LogP contribution in [0.1, 0.15) is 32.6 Å². The van der Waals surface area contributed by atoms with Crippen LogP contribution in [0.3, 0.4) is 0 Å². The second kappa shape index (κ2) is 7.39. The molecule has 0 aliphatic heterocycles. The first-order chi connectivity index (χ1) is 7.76. The van der Waals surface area contributed by atoms with Gasteiger partial charge >= 0.3 is 5.97 Å². The molecule has 0 radical (unpaired) electrons. The highest BCUT2D eigenvalue weighted by Gasteiger charge is 2.21. The third kappa shape index (κ3) is 4.75. The lowest BCUT2D eigenvalue weighted by Crippen LogP contribution is -2.22. The maximum absolute atomic E-state index is 11.2. The minimum absolute atomic E-state index is 0.0418. The highest BCUT2D eigenvalue weighted by atomic mass is 16.6. The first-order valence-electron chi connectivity index (χ1n) is 5.95. The summed E-state index contributed by atoms with van der Waals surface area (Å²) in [5.41, 5.74) is 0. The van der Waals surface area contributed by atoms with E-state index in [2.05, 4.69) is 0 Å². The molecule has 1 rings (SSSR count). The molecule has 0 heterocycles. The quantitative estimate of drug-likeness (QED) is 0.511. The number of rotatable bonds is 6. The predicted octanol–water partition coefficient (Wildman–Crippen LogP) is 1.57. The Hall–Kier alpha value is -0.900. The van der Waals surface area contributed by atoms with Gasteiger partial charge in [-0.15, -0.1) is 0 Å². The van der Waals surface area contributed by atoms with Crippen molar-refractivity contribution in [3.8, 4) is 0 Å². The van der Waals surface area contributed by atoms with Crippen LogP contribution in [-0.2, 0) is 19.1 Å². The topological polar surface area (TPSA) is 52.6 Å². The van der Waals surface area contributed by atoms with Crippen LogP contribution in [0.25, 0.3) is 0 Å². The number of esters is 1. The van der Waals surface area contributed by atoms with Crippen molar-refractivity contribution in [2.24, 2.45) is 11.8 Å². The maximum atomic E-state index is 11.2. The molecule has 0 spiro atoms. The Labute approximate surface area is 96.3 Å². The molecule has 0 saturated heterocycles. The van der Waals surface area contributed by atoms with Crippen molar-refractivity contribution in [3.63, 3.8) is 0 Å². The SMILES string of the molecule is CCOCC(=O)OCC1CCC(C=O)CC1. The number of aldehydes is 1. The third-order valence-electron chi connectivity index (χ3n) is 2.99. The lowest BCUT2D eigenvalue weighted by Gasteiger charge is -2.24. The first-order valence-corrected chi connectivity index (χ1v) is 5.95. The highest BCUT2D eigenvalue weighted by molar-refractivity contribution is 5.70. The van der Waals surface area contributed by atoms with Crippen LogP contribution in [0.5, 0.6) is 0 Å². The van der Waals surface area contributed by atoms with E-state index in [9.17, 15) is 9.59 Å². The van der Waals surface area contributed by atoms with E-state index < -0.39 is 0 Å². The number of carbonyl (C=O) groups is 2. The van der Waals surface area contributed by atoms with E-state index in [0.29, 0.717) is 19.1 Å². The number of hydrogen-bond acceptors (Lipinski definition) is 4. The zero-order valence-electron chi connectivity index (χ0n) is 9.81. The molecule has 0 aromatic carbocycles. The molecule has 4 nitrogen and oxygen atoms in total. The average molecular weight is 228 g/mol. The fraction of sp³-hybridized carbons (Fsp3) is 0.833. The van der Waals surface area contributed by atoms with Crippen molar-refractivity contribution in [1.29, 1.82) is 0 Å². The summed E-state index contributed by atoms with van der Waals surface area (Å²) in [6.45, 7) is 2.88. The molecular formula is C12H20O4. The van der Waals surface area contributed by atoms with Gasteiger partial charge in [0, 0.05) is 12.5 Å². The lowest BCUT2D eigenvalue weighted by molar-refractivity contribution is -0.150. The Morgan fingerprint density at radius 1 is 1.31 bits per heavy atom. The summed E-state index contributed by atoms with van der Waals surface area (Å²) in [7, 11) is 0. The van der Waals surface area contributed by atoms with Crippen molar-refractivity contribution in [2.75, 3.05) is 19.8 Å². The molecule has 0 aromatic heterocycles. The van der Waals surface area contributed by atoms with E-state index in [1.54, 1.807) is 0 Å². The number of ether oxygens (including phenoxy) is 2. The van der Waals surface area contributed by atoms with Crippen LogP contribution in [0.15, 0.2) is 0 Å². The summed E-state index contributed by atoms with van der Waals surface area (Å²) in [6, 6.07) is 0. The number of hydrogen-bond donors (Lipinski definition) is 0. The van der Waals surface area contributed by atoms with Crippen LogP contribution < -0.4 is 0 Å². The predicted molar refractivity (Wildman–Crippen MR) is 59.0 cm³/mol. The molecule has 0 bridgehead atoms. The van der Waals surface area contributed by atoms with Crippen molar-refractivity contribution in [3.05, 3.63) is 0 Å². The van der Waals surface area contributed by atoms with Gasteiger partial charge in [-0.3, -0.25) is 0 Å². The monoisotopic (exact) mass is 228 g/mol. The van der Waals surface area contributed by atoms with Crippen LogP contribution in [-0.4, -0.2) is 32.1 Å². The van der Waals surface area contributed by atoms with Gasteiger partial charge in [0.1, 0.15) is 12.9 Å². The van der Waals surface area contributed by atoms with Crippen molar-refractivity contribution >= 4 is 12.3 Å². The highest BCUT2D eigenvalue weighted by Crippen LogP contribution is 2.27. The standard InChI is InChI=1S/C12H20O4/c1-2-15-9-12(14)16-8-11-5-3-10(7-13)4-6-11/h7,10-11H,2-6,8-9H2,1H3. The molecule has 0 atom stereocenters. The summed E-state index contributed by atoms with van der Waals surface area (Å²) in [6.07, 6.45) is 4.85. The van der Waals surface area contributed by atoms with Gasteiger partial charge in [-0.2, -0.15) is 0 Å². The van der Waals surface area contributed by atoms with Gasteiger partial charge in [0.2, 0.25) is 0 Å². The summed E-state index contributed by atoms with van der Waals surface area (Å²) < 4.78 is 10.0. The molecule has 92 valence electrons. The van der Waals surface area contributed by atoms with Crippen molar-refractivity contribution in [2.45, 2.75) is 32.6 Å². The molecule has 4 heteroatoms. The molecule has 0 aromatic rings. The van der Waals surface area contributed by atoms with Crippen LogP contribution in [0, 0.1) is 11.8 Å². The fourth-order valence-electron chi connectivity index (χ4n) is 1.93. The Bertz CT molecular complexity index is 219. The van der Waals surface area contributed by atoms with E-state index in [1.165, 1.54) is 0 Å². The average Bonchev–Trinajstić information content (AvgIpc) is 2.34. The normalized spacial score (nSPS) is 25.1. The molecule has 1 aliphatic rings. The molecule has 16 heavy (non-hydrogen) atoms. The van der Waals surface area contributed by atoms with Crippen LogP contribution >= 0.6 is 0 Å². The van der Waals surface area contributed by atoms with Gasteiger partial charge in [0.15, 0.2) is 0 Å². The maximum Gasteiger partial charge on any atom is 0.332 e. The lowest BCUT2D eigenvalue weighted by atomic mass is 9.83. The molecule has 0 N–H and O–H groups in total. The Morgan fingerprint density at radius 3 is 2.56 bits per heavy atom. The van der Waals surface area contributed by atoms with E-state index in [0.717, 1.165) is 32.0 Å². The molecular weight excluding hydrogens is 208 g/mol. The Morgan fingerprint density at radius 2 is 2.00 bits per heavy atom. The largest absolute Gasteiger partial charge is 0.464 e.